The van der Waals surface area contributed by atoms with Crippen LogP contribution in [0.25, 0.3) is 11.3 Å². The number of carbonyl (C=O) groups excluding carboxylic acids is 2. The molecule has 0 bridgehead atoms. The number of piperazine rings is 2. The molecule has 6 heterocycles. The summed E-state index contributed by atoms with van der Waals surface area (Å²) in [5.74, 6) is 0.0376. The molecule has 368 valence electrons. The third kappa shape index (κ3) is 13.7. The molecular formula is C45H50BCl4F2IN10O6. The number of hydrogen-bond donors (Lipinski definition) is 2. The van der Waals surface area contributed by atoms with Crippen LogP contribution < -0.4 is 24.7 Å². The second-order valence-electron chi connectivity index (χ2n) is 15.3. The second kappa shape index (κ2) is 25.2. The summed E-state index contributed by atoms with van der Waals surface area (Å²) in [5, 5.41) is 27.8. The Hall–Kier alpha value is -4.97. The number of rotatable bonds is 10. The minimum atomic E-state index is -1.76. The van der Waals surface area contributed by atoms with Crippen molar-refractivity contribution in [2.24, 2.45) is 0 Å². The average Bonchev–Trinajstić information content (AvgIpc) is 3.75. The van der Waals surface area contributed by atoms with Crippen LogP contribution in [0.15, 0.2) is 73.3 Å². The van der Waals surface area contributed by atoms with Gasteiger partial charge in [0.15, 0.2) is 5.82 Å². The summed E-state index contributed by atoms with van der Waals surface area (Å²) in [6.07, 6.45) is 4.80. The number of aromatic nitrogens is 6. The van der Waals surface area contributed by atoms with Crippen LogP contribution in [-0.2, 0) is 22.7 Å². The Kier molecular flexibility index (Phi) is 20.1. The van der Waals surface area contributed by atoms with Gasteiger partial charge in [0.25, 0.3) is 0 Å². The number of nitrogens with zero attached hydrogens (tertiary/aromatic N) is 10. The van der Waals surface area contributed by atoms with Gasteiger partial charge in [-0.1, -0.05) is 53.8 Å². The molecule has 0 atom stereocenters. The van der Waals surface area contributed by atoms with E-state index in [1.165, 1.54) is 29.2 Å². The molecule has 2 amide bonds. The van der Waals surface area contributed by atoms with E-state index in [-0.39, 0.29) is 43.4 Å². The number of methoxy groups -OCH3 is 2. The first-order valence-electron chi connectivity index (χ1n) is 20.9. The largest absolute Gasteiger partial charge is 0.495 e. The van der Waals surface area contributed by atoms with E-state index in [4.69, 9.17) is 65.9 Å². The summed E-state index contributed by atoms with van der Waals surface area (Å²) >= 11 is 26.8. The summed E-state index contributed by atoms with van der Waals surface area (Å²) in [4.78, 5) is 40.8. The molecule has 0 unspecified atom stereocenters. The Morgan fingerprint density at radius 1 is 0.681 bits per heavy atom. The molecule has 0 saturated carbocycles. The first-order valence-corrected chi connectivity index (χ1v) is 23.5. The van der Waals surface area contributed by atoms with E-state index in [1.807, 2.05) is 42.2 Å². The van der Waals surface area contributed by atoms with Gasteiger partial charge >= 0.3 is 7.12 Å². The minimum Gasteiger partial charge on any atom is -0.495 e. The van der Waals surface area contributed by atoms with E-state index >= 15 is 0 Å². The van der Waals surface area contributed by atoms with Gasteiger partial charge in [-0.15, -0.1) is 0 Å². The van der Waals surface area contributed by atoms with Crippen LogP contribution in [0.3, 0.4) is 0 Å². The molecule has 0 aliphatic carbocycles. The first-order chi connectivity index (χ1) is 32.5. The highest BCUT2D eigenvalue weighted by atomic mass is 127. The van der Waals surface area contributed by atoms with E-state index in [1.54, 1.807) is 36.8 Å². The van der Waals surface area contributed by atoms with Gasteiger partial charge in [-0.3, -0.25) is 28.9 Å². The van der Waals surface area contributed by atoms with Crippen LogP contribution in [0.5, 0.6) is 11.5 Å². The van der Waals surface area contributed by atoms with Crippen molar-refractivity contribution in [1.29, 1.82) is 0 Å². The smallest absolute Gasteiger partial charge is 0.491 e. The topological polar surface area (TPSA) is 167 Å². The van der Waals surface area contributed by atoms with E-state index in [0.29, 0.717) is 82.2 Å². The Labute approximate surface area is 432 Å². The summed E-state index contributed by atoms with van der Waals surface area (Å²) < 4.78 is 41.1. The van der Waals surface area contributed by atoms with Gasteiger partial charge in [-0.05, 0) is 72.8 Å². The number of amides is 2. The van der Waals surface area contributed by atoms with E-state index in [9.17, 15) is 18.4 Å². The fraction of sp³-hybridized carbons (Fsp3) is 0.333. The Balaban J connectivity index is 0.000000215. The molecular weight excluding hydrogens is 1090 g/mol. The fourth-order valence-corrected chi connectivity index (χ4v) is 8.64. The van der Waals surface area contributed by atoms with Gasteiger partial charge in [0.2, 0.25) is 11.8 Å². The summed E-state index contributed by atoms with van der Waals surface area (Å²) in [7, 11) is 1.43. The molecule has 6 aromatic rings. The third-order valence-corrected chi connectivity index (χ3v) is 13.8. The lowest BCUT2D eigenvalue weighted by Gasteiger charge is -2.36. The first kappa shape index (κ1) is 55.0. The van der Waals surface area contributed by atoms with E-state index < -0.39 is 18.8 Å². The second-order valence-corrected chi connectivity index (χ2v) is 17.8. The summed E-state index contributed by atoms with van der Waals surface area (Å²) in [6, 6.07) is 14.1. The molecule has 2 aliphatic heterocycles. The van der Waals surface area contributed by atoms with Crippen LogP contribution in [-0.4, -0.2) is 135 Å². The molecule has 4 aromatic heterocycles. The van der Waals surface area contributed by atoms with Crippen molar-refractivity contribution in [3.05, 3.63) is 120 Å². The van der Waals surface area contributed by atoms with Crippen molar-refractivity contribution in [2.75, 3.05) is 76.4 Å². The van der Waals surface area contributed by atoms with Gasteiger partial charge < -0.3 is 39.1 Å². The van der Waals surface area contributed by atoms with Crippen molar-refractivity contribution < 1.29 is 37.9 Å². The molecule has 2 aliphatic rings. The molecule has 69 heavy (non-hydrogen) atoms. The molecule has 8 rings (SSSR count). The number of hydrogen-bond acceptors (Lipinski definition) is 12. The number of anilines is 2. The van der Waals surface area contributed by atoms with Crippen molar-refractivity contribution >= 4 is 105 Å². The number of benzene rings is 2. The van der Waals surface area contributed by atoms with Crippen LogP contribution in [0.1, 0.15) is 18.8 Å². The van der Waals surface area contributed by atoms with Crippen LogP contribution in [0.4, 0.5) is 20.2 Å². The van der Waals surface area contributed by atoms with Gasteiger partial charge in [0, 0.05) is 99.3 Å². The number of halogens is 7. The molecule has 2 aromatic carbocycles. The van der Waals surface area contributed by atoms with Crippen molar-refractivity contribution in [2.45, 2.75) is 34.4 Å². The van der Waals surface area contributed by atoms with Gasteiger partial charge in [0.05, 0.1) is 58.1 Å². The quantitative estimate of drug-likeness (QED) is 0.106. The molecule has 0 radical (unpaired) electrons. The Morgan fingerprint density at radius 3 is 1.54 bits per heavy atom. The highest BCUT2D eigenvalue weighted by Crippen LogP contribution is 2.33. The van der Waals surface area contributed by atoms with Crippen LogP contribution in [0, 0.1) is 29.2 Å². The van der Waals surface area contributed by atoms with Crippen LogP contribution in [0.2, 0.25) is 20.1 Å². The normalized spacial score (nSPS) is 13.4. The standard InChI is InChI=1S/C22H22Cl2FN5O2.C17H19Cl2IN4O2.C5H5BFNO2.CH4/c1-14-21(24)22(16-5-6-26-12-18(16)25)27-30(14)13-20(31)29-9-7-28(8-10-29)15-3-4-17(23)19(11-15)32-2;1-11-16(19)17(20)21-24(11)10-15(25)23-7-5-22(6-8-23)12-3-4-13(18)14(9-12)26-2;7-5-3-8-2-1-4(5)6(9)10;/h3-6,11-12H,7-10,13H2,1-2H3;3-4,9H,5-8,10H2,1-2H3;1-3,9-10H;1H4. The lowest BCUT2D eigenvalue weighted by Crippen LogP contribution is -2.49. The maximum Gasteiger partial charge on any atom is 0.491 e. The van der Waals surface area contributed by atoms with Crippen LogP contribution >= 0.6 is 69.0 Å². The fourth-order valence-electron chi connectivity index (χ4n) is 7.23. The third-order valence-electron chi connectivity index (χ3n) is 11.2. The SMILES string of the molecule is C.COc1cc(N2CCN(C(=O)Cn3nc(-c4ccncc4F)c(Cl)c3C)CC2)ccc1Cl.COc1cc(N2CCN(C(=O)Cn3nc(I)c(Cl)c3C)CC2)ccc1Cl.OB(O)c1ccncc1F. The zero-order valence-corrected chi connectivity index (χ0v) is 42.4. The maximum absolute atomic E-state index is 14.1. The Bertz CT molecular complexity index is 2720. The van der Waals surface area contributed by atoms with Crippen molar-refractivity contribution in [3.8, 4) is 22.8 Å². The van der Waals surface area contributed by atoms with Crippen molar-refractivity contribution in [1.82, 2.24) is 39.3 Å². The highest BCUT2D eigenvalue weighted by molar-refractivity contribution is 14.1. The van der Waals surface area contributed by atoms with E-state index in [2.05, 4.69) is 52.6 Å². The number of ether oxygens (including phenoxy) is 2. The van der Waals surface area contributed by atoms with Gasteiger partial charge in [-0.2, -0.15) is 10.2 Å². The predicted molar refractivity (Wildman–Crippen MR) is 274 cm³/mol. The van der Waals surface area contributed by atoms with E-state index in [0.717, 1.165) is 46.3 Å². The monoisotopic (exact) mass is 1140 g/mol. The molecule has 0 spiro atoms. The molecule has 24 heteroatoms. The predicted octanol–water partition coefficient (Wildman–Crippen LogP) is 7.05. The maximum atomic E-state index is 14.1. The zero-order valence-electron chi connectivity index (χ0n) is 37.2. The minimum absolute atomic E-state index is 0. The van der Waals surface area contributed by atoms with Crippen molar-refractivity contribution in [3.63, 3.8) is 0 Å². The summed E-state index contributed by atoms with van der Waals surface area (Å²) in [6.45, 7) is 9.23. The Morgan fingerprint density at radius 2 is 1.13 bits per heavy atom. The molecule has 2 fully saturated rings. The zero-order chi connectivity index (χ0) is 49.2. The lowest BCUT2D eigenvalue weighted by atomic mass is 9.81. The number of carbonyl (C=O) groups is 2. The van der Waals surface area contributed by atoms with Gasteiger partial charge in [0.1, 0.15) is 39.8 Å². The molecule has 2 saturated heterocycles. The summed E-state index contributed by atoms with van der Waals surface area (Å²) in [5.41, 5.74) is 3.87. The average molecular weight is 1140 g/mol. The molecule has 2 N–H and O–H groups in total. The highest BCUT2D eigenvalue weighted by Gasteiger charge is 2.26. The molecule has 16 nitrogen and oxygen atoms in total. The van der Waals surface area contributed by atoms with Gasteiger partial charge in [-0.25, -0.2) is 8.78 Å². The lowest BCUT2D eigenvalue weighted by molar-refractivity contribution is -0.133. The number of pyridine rings is 2.